The van der Waals surface area contributed by atoms with Crippen LogP contribution < -0.4 is 5.32 Å². The molecule has 142 valence electrons. The number of rotatable bonds is 5. The number of carbonyl (C=O) groups is 3. The predicted molar refractivity (Wildman–Crippen MR) is 108 cm³/mol. The lowest BCUT2D eigenvalue weighted by molar-refractivity contribution is -0.126. The quantitative estimate of drug-likeness (QED) is 0.574. The summed E-state index contributed by atoms with van der Waals surface area (Å²) in [6.45, 7) is -0.337. The van der Waals surface area contributed by atoms with E-state index in [1.165, 1.54) is 42.5 Å². The molecule has 1 aliphatic rings. The number of halogens is 1. The highest BCUT2D eigenvalue weighted by molar-refractivity contribution is 8.26. The van der Waals surface area contributed by atoms with Gasteiger partial charge in [-0.2, -0.15) is 0 Å². The first kappa shape index (κ1) is 19.7. The van der Waals surface area contributed by atoms with Crippen LogP contribution in [0.3, 0.4) is 0 Å². The summed E-state index contributed by atoms with van der Waals surface area (Å²) in [7, 11) is 0. The summed E-state index contributed by atoms with van der Waals surface area (Å²) < 4.78 is 14.0. The minimum Gasteiger partial charge on any atom is -0.478 e. The van der Waals surface area contributed by atoms with E-state index in [0.29, 0.717) is 0 Å². The molecule has 0 aliphatic carbocycles. The number of nitrogens with one attached hydrogen (secondary N) is 1. The molecule has 2 N–H and O–H groups in total. The van der Waals surface area contributed by atoms with Gasteiger partial charge in [0.05, 0.1) is 10.5 Å². The van der Waals surface area contributed by atoms with Gasteiger partial charge in [0.1, 0.15) is 16.7 Å². The molecule has 0 saturated carbocycles. The molecule has 0 spiro atoms. The average molecular weight is 416 g/mol. The van der Waals surface area contributed by atoms with Crippen molar-refractivity contribution in [2.75, 3.05) is 11.9 Å². The van der Waals surface area contributed by atoms with Crippen LogP contribution in [0.25, 0.3) is 6.08 Å². The van der Waals surface area contributed by atoms with E-state index in [1.807, 2.05) is 0 Å². The van der Waals surface area contributed by atoms with E-state index in [4.69, 9.17) is 17.3 Å². The fourth-order valence-electron chi connectivity index (χ4n) is 2.44. The molecule has 2 aromatic rings. The second-order valence-corrected chi connectivity index (χ2v) is 7.40. The van der Waals surface area contributed by atoms with Crippen LogP contribution in [0.5, 0.6) is 0 Å². The highest BCUT2D eigenvalue weighted by atomic mass is 32.2. The van der Waals surface area contributed by atoms with E-state index in [2.05, 4.69) is 5.32 Å². The molecule has 1 saturated heterocycles. The Morgan fingerprint density at radius 3 is 2.68 bits per heavy atom. The maximum absolute atomic E-state index is 13.8. The summed E-state index contributed by atoms with van der Waals surface area (Å²) >= 11 is 6.14. The molecule has 0 atom stereocenters. The van der Waals surface area contributed by atoms with Gasteiger partial charge >= 0.3 is 5.97 Å². The molecule has 0 radical (unpaired) electrons. The summed E-state index contributed by atoms with van der Waals surface area (Å²) in [5.74, 6) is -2.62. The number of nitrogens with zero attached hydrogens (tertiary/aromatic N) is 1. The van der Waals surface area contributed by atoms with Gasteiger partial charge in [0.15, 0.2) is 0 Å². The third-order valence-electron chi connectivity index (χ3n) is 3.76. The third-order valence-corrected chi connectivity index (χ3v) is 5.14. The van der Waals surface area contributed by atoms with Crippen LogP contribution >= 0.6 is 24.0 Å². The van der Waals surface area contributed by atoms with Crippen LogP contribution in [0.4, 0.5) is 10.1 Å². The lowest BCUT2D eigenvalue weighted by atomic mass is 10.2. The van der Waals surface area contributed by atoms with Crippen molar-refractivity contribution < 1.29 is 23.9 Å². The second kappa shape index (κ2) is 8.32. The number of amides is 2. The first-order chi connectivity index (χ1) is 13.3. The number of carbonyl (C=O) groups excluding carboxylic acids is 2. The van der Waals surface area contributed by atoms with E-state index in [9.17, 15) is 18.8 Å². The molecule has 1 aliphatic heterocycles. The van der Waals surface area contributed by atoms with Gasteiger partial charge in [-0.3, -0.25) is 14.5 Å². The number of aromatic carboxylic acids is 1. The highest BCUT2D eigenvalue weighted by Gasteiger charge is 2.33. The van der Waals surface area contributed by atoms with Crippen LogP contribution in [0.1, 0.15) is 15.9 Å². The number of hydrogen-bond donors (Lipinski definition) is 2. The lowest BCUT2D eigenvalue weighted by Crippen LogP contribution is -2.36. The maximum atomic E-state index is 13.8. The monoisotopic (exact) mass is 416 g/mol. The molecule has 6 nitrogen and oxygen atoms in total. The van der Waals surface area contributed by atoms with E-state index in [1.54, 1.807) is 12.1 Å². The minimum atomic E-state index is -1.12. The fraction of sp³-hybridized carbons (Fsp3) is 0.0526. The zero-order valence-electron chi connectivity index (χ0n) is 14.2. The molecule has 0 unspecified atom stereocenters. The number of thiocarbonyl (C=S) groups is 1. The Balaban J connectivity index is 1.71. The Hall–Kier alpha value is -3.04. The summed E-state index contributed by atoms with van der Waals surface area (Å²) in [5, 5.41) is 11.5. The van der Waals surface area contributed by atoms with Crippen molar-refractivity contribution in [2.45, 2.75) is 0 Å². The van der Waals surface area contributed by atoms with Crippen LogP contribution in [0.15, 0.2) is 53.4 Å². The molecule has 0 aromatic heterocycles. The summed E-state index contributed by atoms with van der Waals surface area (Å²) in [5.41, 5.74) is 0.561. The van der Waals surface area contributed by atoms with Crippen molar-refractivity contribution >= 4 is 57.8 Å². The normalized spacial score (nSPS) is 15.2. The predicted octanol–water partition coefficient (Wildman–Crippen LogP) is 3.36. The lowest BCUT2D eigenvalue weighted by Gasteiger charge is -2.14. The van der Waals surface area contributed by atoms with E-state index in [0.717, 1.165) is 16.7 Å². The minimum absolute atomic E-state index is 0.0243. The van der Waals surface area contributed by atoms with Gasteiger partial charge < -0.3 is 10.4 Å². The molecule has 3 rings (SSSR count). The van der Waals surface area contributed by atoms with E-state index in [-0.39, 0.29) is 32.6 Å². The van der Waals surface area contributed by atoms with E-state index >= 15 is 0 Å². The second-order valence-electron chi connectivity index (χ2n) is 5.72. The Labute approximate surface area is 169 Å². The van der Waals surface area contributed by atoms with Crippen molar-refractivity contribution in [3.8, 4) is 0 Å². The van der Waals surface area contributed by atoms with Crippen LogP contribution in [-0.4, -0.2) is 38.7 Å². The van der Waals surface area contributed by atoms with Crippen molar-refractivity contribution in [3.05, 3.63) is 70.4 Å². The van der Waals surface area contributed by atoms with Gasteiger partial charge in [-0.05, 0) is 30.3 Å². The Morgan fingerprint density at radius 2 is 1.96 bits per heavy atom. The SMILES string of the molecule is O=C(CN1C(=O)/C(=C/c2ccccc2F)SC1=S)Nc1cccc(C(=O)O)c1. The Bertz CT molecular complexity index is 1020. The summed E-state index contributed by atoms with van der Waals surface area (Å²) in [6.07, 6.45) is 1.39. The van der Waals surface area contributed by atoms with Crippen molar-refractivity contribution in [1.29, 1.82) is 0 Å². The van der Waals surface area contributed by atoms with Gasteiger partial charge in [0.2, 0.25) is 5.91 Å². The zero-order valence-corrected chi connectivity index (χ0v) is 15.8. The Kier molecular flexibility index (Phi) is 5.86. The number of hydrogen-bond acceptors (Lipinski definition) is 5. The molecule has 1 heterocycles. The number of carboxylic acid groups (broad SMARTS) is 1. The van der Waals surface area contributed by atoms with Gasteiger partial charge in [0, 0.05) is 11.3 Å². The molecule has 28 heavy (non-hydrogen) atoms. The van der Waals surface area contributed by atoms with Gasteiger partial charge in [-0.15, -0.1) is 0 Å². The smallest absolute Gasteiger partial charge is 0.335 e. The number of benzene rings is 2. The first-order valence-electron chi connectivity index (χ1n) is 7.98. The van der Waals surface area contributed by atoms with Crippen molar-refractivity contribution in [3.63, 3.8) is 0 Å². The standard InChI is InChI=1S/C19H13FN2O4S2/c20-14-7-2-1-4-11(14)9-15-17(24)22(19(27)28-15)10-16(23)21-13-6-3-5-12(8-13)18(25)26/h1-9H,10H2,(H,21,23)(H,25,26)/b15-9-. The molecule has 9 heteroatoms. The van der Waals surface area contributed by atoms with Crippen LogP contribution in [0.2, 0.25) is 0 Å². The third kappa shape index (κ3) is 4.44. The number of thioether (sulfide) groups is 1. The number of carboxylic acids is 1. The molecular weight excluding hydrogens is 403 g/mol. The van der Waals surface area contributed by atoms with Gasteiger partial charge in [-0.25, -0.2) is 9.18 Å². The summed E-state index contributed by atoms with van der Waals surface area (Å²) in [4.78, 5) is 37.1. The fourth-order valence-corrected chi connectivity index (χ4v) is 3.69. The highest BCUT2D eigenvalue weighted by Crippen LogP contribution is 2.32. The van der Waals surface area contributed by atoms with Gasteiger partial charge in [0.25, 0.3) is 5.91 Å². The van der Waals surface area contributed by atoms with E-state index < -0.39 is 23.6 Å². The van der Waals surface area contributed by atoms with Crippen LogP contribution in [0, 0.1) is 5.82 Å². The van der Waals surface area contributed by atoms with Crippen molar-refractivity contribution in [1.82, 2.24) is 4.90 Å². The maximum Gasteiger partial charge on any atom is 0.335 e. The van der Waals surface area contributed by atoms with Gasteiger partial charge in [-0.1, -0.05) is 48.2 Å². The molecule has 1 fully saturated rings. The Morgan fingerprint density at radius 1 is 1.21 bits per heavy atom. The zero-order chi connectivity index (χ0) is 20.3. The number of anilines is 1. The molecule has 0 bridgehead atoms. The molecular formula is C19H13FN2O4S2. The largest absolute Gasteiger partial charge is 0.478 e. The molecule has 2 amide bonds. The molecule has 2 aromatic carbocycles. The summed E-state index contributed by atoms with van der Waals surface area (Å²) in [6, 6.07) is 11.7. The topological polar surface area (TPSA) is 86.7 Å². The van der Waals surface area contributed by atoms with Crippen LogP contribution in [-0.2, 0) is 9.59 Å². The van der Waals surface area contributed by atoms with Crippen molar-refractivity contribution in [2.24, 2.45) is 0 Å². The first-order valence-corrected chi connectivity index (χ1v) is 9.21. The average Bonchev–Trinajstić information content (AvgIpc) is 2.91.